The second-order valence-electron chi connectivity index (χ2n) is 5.66. The third kappa shape index (κ3) is 4.28. The summed E-state index contributed by atoms with van der Waals surface area (Å²) < 4.78 is 55.7. The van der Waals surface area contributed by atoms with Gasteiger partial charge in [-0.05, 0) is 48.6 Å². The molecule has 0 spiro atoms. The van der Waals surface area contributed by atoms with E-state index in [9.17, 15) is 13.2 Å². The third-order valence-corrected chi connectivity index (χ3v) is 4.15. The second-order valence-corrected chi connectivity index (χ2v) is 6.01. The number of hydrogen-bond donors (Lipinski definition) is 1. The first-order valence-corrected chi connectivity index (χ1v) is 8.44. The van der Waals surface area contributed by atoms with Gasteiger partial charge in [0.05, 0.1) is 19.8 Å². The first-order valence-electron chi connectivity index (χ1n) is 8.03. The lowest BCUT2D eigenvalue weighted by molar-refractivity contribution is -0.137. The molecule has 0 saturated carbocycles. The highest BCUT2D eigenvalue weighted by molar-refractivity contribution is 7.71. The molecule has 0 atom stereocenters. The lowest BCUT2D eigenvalue weighted by atomic mass is 10.2. The highest BCUT2D eigenvalue weighted by Crippen LogP contribution is 2.32. The van der Waals surface area contributed by atoms with Crippen LogP contribution in [0.4, 0.5) is 18.9 Å². The minimum atomic E-state index is -4.41. The first-order chi connectivity index (χ1) is 13.3. The number of methoxy groups -OCH3 is 2. The van der Waals surface area contributed by atoms with Gasteiger partial charge in [0.25, 0.3) is 4.84 Å². The van der Waals surface area contributed by atoms with Crippen molar-refractivity contribution in [2.75, 3.05) is 19.5 Å². The quantitative estimate of drug-likeness (QED) is 0.578. The van der Waals surface area contributed by atoms with Crippen molar-refractivity contribution in [1.82, 2.24) is 9.78 Å². The van der Waals surface area contributed by atoms with Gasteiger partial charge in [-0.1, -0.05) is 6.07 Å². The Hall–Kier alpha value is -3.01. The number of halogens is 3. The molecule has 2 aromatic carbocycles. The number of ether oxygens (including phenoxy) is 2. The van der Waals surface area contributed by atoms with E-state index in [1.165, 1.54) is 31.0 Å². The van der Waals surface area contributed by atoms with Crippen LogP contribution in [0.15, 0.2) is 46.9 Å². The van der Waals surface area contributed by atoms with Gasteiger partial charge in [-0.3, -0.25) is 0 Å². The van der Waals surface area contributed by atoms with Crippen molar-refractivity contribution in [3.8, 4) is 23.0 Å². The third-order valence-electron chi connectivity index (χ3n) is 3.86. The van der Waals surface area contributed by atoms with Gasteiger partial charge in [0.1, 0.15) is 6.67 Å². The lowest BCUT2D eigenvalue weighted by Gasteiger charge is -2.10. The van der Waals surface area contributed by atoms with Crippen LogP contribution in [0.25, 0.3) is 11.5 Å². The van der Waals surface area contributed by atoms with Gasteiger partial charge >= 0.3 is 6.18 Å². The summed E-state index contributed by atoms with van der Waals surface area (Å²) in [6.45, 7) is 0.0386. The van der Waals surface area contributed by atoms with E-state index in [0.717, 1.165) is 12.1 Å². The number of benzene rings is 2. The summed E-state index contributed by atoms with van der Waals surface area (Å²) in [6, 6.07) is 9.97. The van der Waals surface area contributed by atoms with Crippen molar-refractivity contribution in [2.45, 2.75) is 12.8 Å². The van der Waals surface area contributed by atoms with Gasteiger partial charge in [0.15, 0.2) is 11.5 Å². The highest BCUT2D eigenvalue weighted by Gasteiger charge is 2.30. The molecule has 0 unspecified atom stereocenters. The smallest absolute Gasteiger partial charge is 0.416 e. The van der Waals surface area contributed by atoms with Crippen molar-refractivity contribution < 1.29 is 27.1 Å². The van der Waals surface area contributed by atoms with Crippen molar-refractivity contribution in [3.63, 3.8) is 0 Å². The van der Waals surface area contributed by atoms with Crippen LogP contribution >= 0.6 is 12.2 Å². The predicted octanol–water partition coefficient (Wildman–Crippen LogP) is 4.98. The molecule has 1 aromatic heterocycles. The lowest BCUT2D eigenvalue weighted by Crippen LogP contribution is -2.11. The minimum absolute atomic E-state index is 0.0386. The summed E-state index contributed by atoms with van der Waals surface area (Å²) >= 11 is 5.14. The Labute approximate surface area is 163 Å². The van der Waals surface area contributed by atoms with Gasteiger partial charge in [0.2, 0.25) is 5.89 Å². The number of alkyl halides is 3. The van der Waals surface area contributed by atoms with E-state index in [-0.39, 0.29) is 23.1 Å². The van der Waals surface area contributed by atoms with E-state index in [1.807, 2.05) is 0 Å². The van der Waals surface area contributed by atoms with Gasteiger partial charge in [-0.2, -0.15) is 13.2 Å². The summed E-state index contributed by atoms with van der Waals surface area (Å²) in [5.74, 6) is 1.30. The standard InChI is InChI=1S/C18H16F3N3O3S/c1-25-14-7-6-11(8-15(14)26-2)16-23-24(17(28)27-16)10-22-13-5-3-4-12(9-13)18(19,20)21/h3-9,22H,10H2,1-2H3. The average molecular weight is 411 g/mol. The Bertz CT molecular complexity index is 1030. The topological polar surface area (TPSA) is 61.5 Å². The highest BCUT2D eigenvalue weighted by atomic mass is 32.1. The molecule has 3 rings (SSSR count). The van der Waals surface area contributed by atoms with E-state index >= 15 is 0 Å². The molecule has 28 heavy (non-hydrogen) atoms. The van der Waals surface area contributed by atoms with E-state index in [1.54, 1.807) is 18.2 Å². The van der Waals surface area contributed by atoms with E-state index in [4.69, 9.17) is 26.1 Å². The molecule has 0 aliphatic rings. The Kier molecular flexibility index (Phi) is 5.59. The Morgan fingerprint density at radius 1 is 1.11 bits per heavy atom. The normalized spacial score (nSPS) is 11.3. The molecule has 0 bridgehead atoms. The van der Waals surface area contributed by atoms with Crippen molar-refractivity contribution in [1.29, 1.82) is 0 Å². The van der Waals surface area contributed by atoms with Gasteiger partial charge in [-0.15, -0.1) is 5.10 Å². The zero-order valence-electron chi connectivity index (χ0n) is 14.9. The molecular weight excluding hydrogens is 395 g/mol. The molecule has 0 saturated heterocycles. The SMILES string of the molecule is COc1ccc(-c2nn(CNc3cccc(C(F)(F)F)c3)c(=S)o2)cc1OC. The van der Waals surface area contributed by atoms with Crippen LogP contribution in [0, 0.1) is 4.84 Å². The zero-order chi connectivity index (χ0) is 20.3. The average Bonchev–Trinajstić information content (AvgIpc) is 3.06. The monoisotopic (exact) mass is 411 g/mol. The number of rotatable bonds is 6. The number of hydrogen-bond acceptors (Lipinski definition) is 6. The minimum Gasteiger partial charge on any atom is -0.493 e. The van der Waals surface area contributed by atoms with Crippen LogP contribution in [-0.2, 0) is 12.8 Å². The van der Waals surface area contributed by atoms with Crippen molar-refractivity contribution in [2.24, 2.45) is 0 Å². The molecule has 6 nitrogen and oxygen atoms in total. The molecule has 3 aromatic rings. The van der Waals surface area contributed by atoms with E-state index in [0.29, 0.717) is 17.1 Å². The molecule has 0 radical (unpaired) electrons. The fourth-order valence-corrected chi connectivity index (χ4v) is 2.65. The maximum atomic E-state index is 12.8. The van der Waals surface area contributed by atoms with Gasteiger partial charge < -0.3 is 19.2 Å². The summed E-state index contributed by atoms with van der Waals surface area (Å²) in [5.41, 5.74) is 0.154. The Balaban J connectivity index is 1.79. The Morgan fingerprint density at radius 2 is 1.86 bits per heavy atom. The molecule has 0 amide bonds. The maximum Gasteiger partial charge on any atom is 0.416 e. The number of anilines is 1. The summed E-state index contributed by atoms with van der Waals surface area (Å²) in [6.07, 6.45) is -4.41. The number of aromatic nitrogens is 2. The first kappa shape index (κ1) is 19.7. The predicted molar refractivity (Wildman–Crippen MR) is 98.9 cm³/mol. The molecule has 148 valence electrons. The number of nitrogens with one attached hydrogen (secondary N) is 1. The summed E-state index contributed by atoms with van der Waals surface area (Å²) in [4.78, 5) is 0.0734. The largest absolute Gasteiger partial charge is 0.493 e. The fraction of sp³-hybridized carbons (Fsp3) is 0.222. The molecule has 10 heteroatoms. The molecule has 0 aliphatic carbocycles. The van der Waals surface area contributed by atoms with Crippen LogP contribution in [-0.4, -0.2) is 24.0 Å². The van der Waals surface area contributed by atoms with Crippen LogP contribution < -0.4 is 14.8 Å². The Morgan fingerprint density at radius 3 is 2.54 bits per heavy atom. The molecule has 0 fully saturated rings. The summed E-state index contributed by atoms with van der Waals surface area (Å²) in [7, 11) is 3.03. The van der Waals surface area contributed by atoms with Crippen LogP contribution in [0.3, 0.4) is 0 Å². The molecule has 1 heterocycles. The van der Waals surface area contributed by atoms with E-state index in [2.05, 4.69) is 10.4 Å². The van der Waals surface area contributed by atoms with Crippen molar-refractivity contribution in [3.05, 3.63) is 52.9 Å². The van der Waals surface area contributed by atoms with Crippen molar-refractivity contribution >= 4 is 17.9 Å². The van der Waals surface area contributed by atoms with Gasteiger partial charge in [-0.25, -0.2) is 4.68 Å². The van der Waals surface area contributed by atoms with Crippen LogP contribution in [0.1, 0.15) is 5.56 Å². The molecular formula is C18H16F3N3O3S. The van der Waals surface area contributed by atoms with E-state index < -0.39 is 11.7 Å². The second kappa shape index (κ2) is 7.93. The van der Waals surface area contributed by atoms with Gasteiger partial charge in [0, 0.05) is 11.3 Å². The maximum absolute atomic E-state index is 12.8. The zero-order valence-corrected chi connectivity index (χ0v) is 15.7. The van der Waals surface area contributed by atoms with Crippen LogP contribution in [0.2, 0.25) is 0 Å². The molecule has 1 N–H and O–H groups in total. The van der Waals surface area contributed by atoms with Crippen LogP contribution in [0.5, 0.6) is 11.5 Å². The summed E-state index contributed by atoms with van der Waals surface area (Å²) in [5, 5.41) is 7.11. The fourth-order valence-electron chi connectivity index (χ4n) is 2.46. The number of nitrogens with zero attached hydrogens (tertiary/aromatic N) is 2. The molecule has 0 aliphatic heterocycles.